The van der Waals surface area contributed by atoms with Crippen LogP contribution in [0.1, 0.15) is 64.2 Å². The fourth-order valence-corrected chi connectivity index (χ4v) is 6.99. The minimum Gasteiger partial charge on any atom is -0.481 e. The summed E-state index contributed by atoms with van der Waals surface area (Å²) in [6.07, 6.45) is 9.06. The summed E-state index contributed by atoms with van der Waals surface area (Å²) in [6.45, 7) is 0. The van der Waals surface area contributed by atoms with E-state index in [1.807, 2.05) is 0 Å². The van der Waals surface area contributed by atoms with Crippen molar-refractivity contribution in [2.24, 2.45) is 35.1 Å². The van der Waals surface area contributed by atoms with E-state index in [1.54, 1.807) is 21.6 Å². The molecule has 0 spiro atoms. The maximum Gasteiger partial charge on any atom is 0.306 e. The molecule has 162 valence electrons. The fourth-order valence-electron chi connectivity index (χ4n) is 4.55. The number of nitrogens with two attached hydrogens (primary N) is 2. The molecule has 0 amide bonds. The first kappa shape index (κ1) is 23.8. The van der Waals surface area contributed by atoms with E-state index in [0.29, 0.717) is 11.8 Å². The number of rotatable bonds is 11. The van der Waals surface area contributed by atoms with Crippen LogP contribution in [-0.4, -0.2) is 45.7 Å². The molecule has 2 unspecified atom stereocenters. The third-order valence-electron chi connectivity index (χ3n) is 6.31. The predicted octanol–water partition coefficient (Wildman–Crippen LogP) is 3.58. The molecule has 8 heteroatoms. The Balaban J connectivity index is 1.50. The Morgan fingerprint density at radius 3 is 1.32 bits per heavy atom. The summed E-state index contributed by atoms with van der Waals surface area (Å²) in [5.41, 5.74) is 12.5. The standard InChI is InChI=1S/C20H36N2O4S2/c21-17(9-13-1-5-15(6-2-13)19(23)24)11-27-28-12-18(22)10-14-3-7-16(8-4-14)20(25)26/h13-18H,1-12,21-22H2,(H,23,24)(H,25,26). The van der Waals surface area contributed by atoms with Crippen molar-refractivity contribution in [3.05, 3.63) is 0 Å². The SMILES string of the molecule is NC(CSSCC(N)CC1CCC(C(=O)O)CC1)CC1CCC(C(=O)O)CC1. The smallest absolute Gasteiger partial charge is 0.306 e. The molecule has 2 atom stereocenters. The van der Waals surface area contributed by atoms with Gasteiger partial charge < -0.3 is 21.7 Å². The van der Waals surface area contributed by atoms with Crippen molar-refractivity contribution in [1.29, 1.82) is 0 Å². The summed E-state index contributed by atoms with van der Waals surface area (Å²) in [7, 11) is 3.58. The first-order valence-corrected chi connectivity index (χ1v) is 13.0. The van der Waals surface area contributed by atoms with Crippen molar-refractivity contribution in [2.45, 2.75) is 76.3 Å². The Hall–Kier alpha value is -0.440. The van der Waals surface area contributed by atoms with Gasteiger partial charge in [-0.2, -0.15) is 0 Å². The Bertz CT molecular complexity index is 449. The van der Waals surface area contributed by atoms with E-state index in [4.69, 9.17) is 21.7 Å². The number of carbonyl (C=O) groups is 2. The van der Waals surface area contributed by atoms with Gasteiger partial charge in [0.15, 0.2) is 0 Å². The van der Waals surface area contributed by atoms with Gasteiger partial charge in [0.25, 0.3) is 0 Å². The second kappa shape index (κ2) is 12.3. The maximum absolute atomic E-state index is 11.0. The molecule has 28 heavy (non-hydrogen) atoms. The Labute approximate surface area is 176 Å². The lowest BCUT2D eigenvalue weighted by Crippen LogP contribution is -2.30. The summed E-state index contributed by atoms with van der Waals surface area (Å²) in [5.74, 6) is 1.33. The van der Waals surface area contributed by atoms with Crippen molar-refractivity contribution in [3.8, 4) is 0 Å². The highest BCUT2D eigenvalue weighted by molar-refractivity contribution is 8.76. The molecule has 2 aliphatic carbocycles. The van der Waals surface area contributed by atoms with Gasteiger partial charge in [-0.05, 0) is 76.0 Å². The van der Waals surface area contributed by atoms with Gasteiger partial charge in [0.1, 0.15) is 0 Å². The Morgan fingerprint density at radius 1 is 0.714 bits per heavy atom. The largest absolute Gasteiger partial charge is 0.481 e. The summed E-state index contributed by atoms with van der Waals surface area (Å²) >= 11 is 0. The zero-order chi connectivity index (χ0) is 20.5. The van der Waals surface area contributed by atoms with Crippen LogP contribution in [0.5, 0.6) is 0 Å². The fraction of sp³-hybridized carbons (Fsp3) is 0.900. The molecule has 0 aromatic carbocycles. The molecule has 2 saturated carbocycles. The number of hydrogen-bond acceptors (Lipinski definition) is 6. The minimum atomic E-state index is -0.652. The van der Waals surface area contributed by atoms with E-state index < -0.39 is 11.9 Å². The third kappa shape index (κ3) is 8.51. The van der Waals surface area contributed by atoms with Gasteiger partial charge in [-0.15, -0.1) is 0 Å². The van der Waals surface area contributed by atoms with Gasteiger partial charge >= 0.3 is 11.9 Å². The number of carboxylic acid groups (broad SMARTS) is 2. The van der Waals surface area contributed by atoms with Crippen LogP contribution in [0.15, 0.2) is 0 Å². The molecule has 0 bridgehead atoms. The average molecular weight is 433 g/mol. The Morgan fingerprint density at radius 2 is 1.04 bits per heavy atom. The normalized spacial score (nSPS) is 30.5. The van der Waals surface area contributed by atoms with E-state index in [1.165, 1.54) is 0 Å². The molecule has 0 aliphatic heterocycles. The molecular weight excluding hydrogens is 396 g/mol. The first-order chi connectivity index (χ1) is 13.3. The summed E-state index contributed by atoms with van der Waals surface area (Å²) < 4.78 is 0. The zero-order valence-electron chi connectivity index (χ0n) is 16.6. The minimum absolute atomic E-state index is 0.155. The molecule has 0 aromatic rings. The molecule has 6 nitrogen and oxygen atoms in total. The highest BCUT2D eigenvalue weighted by atomic mass is 33.1. The molecule has 6 N–H and O–H groups in total. The highest BCUT2D eigenvalue weighted by Crippen LogP contribution is 2.34. The zero-order valence-corrected chi connectivity index (χ0v) is 18.3. The summed E-state index contributed by atoms with van der Waals surface area (Å²) in [6, 6.07) is 0.317. The van der Waals surface area contributed by atoms with Gasteiger partial charge in [-0.25, -0.2) is 0 Å². The van der Waals surface area contributed by atoms with Gasteiger partial charge in [-0.3, -0.25) is 9.59 Å². The quantitative estimate of drug-likeness (QED) is 0.288. The van der Waals surface area contributed by atoms with Crippen molar-refractivity contribution in [1.82, 2.24) is 0 Å². The van der Waals surface area contributed by atoms with E-state index >= 15 is 0 Å². The van der Waals surface area contributed by atoms with Crippen LogP contribution in [0, 0.1) is 23.7 Å². The van der Waals surface area contributed by atoms with E-state index in [2.05, 4.69) is 0 Å². The topological polar surface area (TPSA) is 127 Å². The second-order valence-corrected chi connectivity index (χ2v) is 11.2. The highest BCUT2D eigenvalue weighted by Gasteiger charge is 2.28. The lowest BCUT2D eigenvalue weighted by molar-refractivity contribution is -0.144. The van der Waals surface area contributed by atoms with Crippen molar-refractivity contribution in [2.75, 3.05) is 11.5 Å². The van der Waals surface area contributed by atoms with Gasteiger partial charge in [0.2, 0.25) is 0 Å². The third-order valence-corrected chi connectivity index (χ3v) is 8.92. The second-order valence-electron chi connectivity index (χ2n) is 8.67. The van der Waals surface area contributed by atoms with Gasteiger partial charge in [0.05, 0.1) is 11.8 Å². The van der Waals surface area contributed by atoms with E-state index in [0.717, 1.165) is 75.7 Å². The van der Waals surface area contributed by atoms with E-state index in [9.17, 15) is 9.59 Å². The number of aliphatic carboxylic acids is 2. The molecule has 0 radical (unpaired) electrons. The van der Waals surface area contributed by atoms with Crippen molar-refractivity contribution < 1.29 is 19.8 Å². The number of carboxylic acids is 2. The van der Waals surface area contributed by atoms with Gasteiger partial charge in [0, 0.05) is 23.6 Å². The monoisotopic (exact) mass is 432 g/mol. The average Bonchev–Trinajstić information content (AvgIpc) is 2.66. The molecule has 0 heterocycles. The van der Waals surface area contributed by atoms with Crippen molar-refractivity contribution >= 4 is 33.5 Å². The molecule has 0 aromatic heterocycles. The lowest BCUT2D eigenvalue weighted by Gasteiger charge is -2.28. The summed E-state index contributed by atoms with van der Waals surface area (Å²) in [5, 5.41) is 18.1. The lowest BCUT2D eigenvalue weighted by atomic mass is 9.79. The molecule has 2 rings (SSSR count). The first-order valence-electron chi connectivity index (χ1n) is 10.6. The predicted molar refractivity (Wildman–Crippen MR) is 116 cm³/mol. The van der Waals surface area contributed by atoms with E-state index in [-0.39, 0.29) is 23.9 Å². The number of hydrogen-bond donors (Lipinski definition) is 4. The van der Waals surface area contributed by atoms with Crippen LogP contribution in [-0.2, 0) is 9.59 Å². The van der Waals surface area contributed by atoms with Crippen molar-refractivity contribution in [3.63, 3.8) is 0 Å². The maximum atomic E-state index is 11.0. The molecular formula is C20H36N2O4S2. The van der Waals surface area contributed by atoms with Crippen LogP contribution in [0.25, 0.3) is 0 Å². The Kier molecular flexibility index (Phi) is 10.5. The summed E-state index contributed by atoms with van der Waals surface area (Å²) in [4.78, 5) is 22.0. The van der Waals surface area contributed by atoms with Crippen LogP contribution in [0.4, 0.5) is 0 Å². The van der Waals surface area contributed by atoms with Crippen LogP contribution in [0.2, 0.25) is 0 Å². The van der Waals surface area contributed by atoms with Crippen LogP contribution >= 0.6 is 21.6 Å². The molecule has 2 fully saturated rings. The van der Waals surface area contributed by atoms with Crippen LogP contribution < -0.4 is 11.5 Å². The molecule has 0 saturated heterocycles. The van der Waals surface area contributed by atoms with Gasteiger partial charge in [-0.1, -0.05) is 21.6 Å². The molecule has 2 aliphatic rings. The van der Waals surface area contributed by atoms with Crippen LogP contribution in [0.3, 0.4) is 0 Å².